The molecule has 0 amide bonds. The van der Waals surface area contributed by atoms with Gasteiger partial charge < -0.3 is 0 Å². The molecule has 1 rings (SSSR count). The van der Waals surface area contributed by atoms with E-state index in [1.165, 1.54) is 12.8 Å². The SMILES string of the molecule is CP[C@H](C)CC1CC1C. The molecular weight excluding hydrogens is 127 g/mol. The summed E-state index contributed by atoms with van der Waals surface area (Å²) in [6.07, 6.45) is 3.00. The Bertz CT molecular complexity index is 88.6. The third-order valence-corrected chi connectivity index (χ3v) is 3.65. The van der Waals surface area contributed by atoms with Gasteiger partial charge in [0.25, 0.3) is 0 Å². The minimum Gasteiger partial charge on any atom is -0.122 e. The first kappa shape index (κ1) is 7.54. The lowest BCUT2D eigenvalue weighted by Crippen LogP contribution is -1.94. The summed E-state index contributed by atoms with van der Waals surface area (Å²) < 4.78 is 0. The molecule has 3 unspecified atom stereocenters. The molecule has 0 saturated heterocycles. The third-order valence-electron chi connectivity index (χ3n) is 2.43. The summed E-state index contributed by atoms with van der Waals surface area (Å²) in [5, 5.41) is 0. The Kier molecular flexibility index (Phi) is 2.52. The summed E-state index contributed by atoms with van der Waals surface area (Å²) >= 11 is 0. The Morgan fingerprint density at radius 1 is 1.67 bits per heavy atom. The number of rotatable bonds is 3. The fourth-order valence-electron chi connectivity index (χ4n) is 1.30. The summed E-state index contributed by atoms with van der Waals surface area (Å²) in [4.78, 5) is 0. The van der Waals surface area contributed by atoms with Crippen LogP contribution in [0.5, 0.6) is 0 Å². The van der Waals surface area contributed by atoms with E-state index in [0.29, 0.717) is 0 Å². The molecule has 0 N–H and O–H groups in total. The van der Waals surface area contributed by atoms with Crippen molar-refractivity contribution in [1.82, 2.24) is 0 Å². The van der Waals surface area contributed by atoms with E-state index in [1.54, 1.807) is 0 Å². The van der Waals surface area contributed by atoms with Crippen LogP contribution in [-0.2, 0) is 0 Å². The van der Waals surface area contributed by atoms with Crippen LogP contribution in [-0.4, -0.2) is 12.3 Å². The van der Waals surface area contributed by atoms with E-state index in [9.17, 15) is 0 Å². The Hall–Kier alpha value is 0.430. The van der Waals surface area contributed by atoms with Crippen molar-refractivity contribution in [2.24, 2.45) is 11.8 Å². The van der Waals surface area contributed by atoms with Gasteiger partial charge in [-0.2, -0.15) is 0 Å². The monoisotopic (exact) mass is 144 g/mol. The van der Waals surface area contributed by atoms with E-state index < -0.39 is 0 Å². The van der Waals surface area contributed by atoms with Crippen LogP contribution in [0.1, 0.15) is 26.7 Å². The molecule has 0 aromatic heterocycles. The van der Waals surface area contributed by atoms with Gasteiger partial charge in [-0.05, 0) is 37.0 Å². The molecule has 1 heteroatoms. The van der Waals surface area contributed by atoms with Crippen LogP contribution in [0.3, 0.4) is 0 Å². The lowest BCUT2D eigenvalue weighted by Gasteiger charge is -2.05. The van der Waals surface area contributed by atoms with Gasteiger partial charge in [0.1, 0.15) is 0 Å². The van der Waals surface area contributed by atoms with Crippen LogP contribution in [0, 0.1) is 11.8 Å². The molecule has 1 saturated carbocycles. The minimum absolute atomic E-state index is 1.000. The van der Waals surface area contributed by atoms with Gasteiger partial charge in [0.15, 0.2) is 0 Å². The van der Waals surface area contributed by atoms with Crippen molar-refractivity contribution in [3.05, 3.63) is 0 Å². The highest BCUT2D eigenvalue weighted by Gasteiger charge is 2.32. The van der Waals surface area contributed by atoms with Gasteiger partial charge in [0, 0.05) is 0 Å². The lowest BCUT2D eigenvalue weighted by molar-refractivity contribution is 0.668. The molecule has 0 heterocycles. The molecule has 54 valence electrons. The van der Waals surface area contributed by atoms with Crippen molar-refractivity contribution in [2.45, 2.75) is 32.3 Å². The summed E-state index contributed by atoms with van der Waals surface area (Å²) in [6.45, 7) is 7.07. The molecule has 0 aromatic carbocycles. The van der Waals surface area contributed by atoms with E-state index in [2.05, 4.69) is 20.5 Å². The van der Waals surface area contributed by atoms with Gasteiger partial charge in [0.05, 0.1) is 0 Å². The second kappa shape index (κ2) is 3.01. The van der Waals surface area contributed by atoms with Crippen LogP contribution >= 0.6 is 8.58 Å². The van der Waals surface area contributed by atoms with Crippen molar-refractivity contribution < 1.29 is 0 Å². The first-order valence-electron chi connectivity index (χ1n) is 3.91. The smallest absolute Gasteiger partial charge is 0.0265 e. The standard InChI is InChI=1S/C8H17P/c1-6-4-8(6)5-7(2)9-3/h6-9H,4-5H2,1-3H3/t6?,7-,8?/m1/s1. The van der Waals surface area contributed by atoms with Gasteiger partial charge in [0.2, 0.25) is 0 Å². The molecule has 0 aromatic rings. The zero-order valence-corrected chi connectivity index (χ0v) is 7.65. The molecular formula is C8H17P. The summed E-state index contributed by atoms with van der Waals surface area (Å²) in [6, 6.07) is 0. The van der Waals surface area contributed by atoms with Crippen LogP contribution in [0.15, 0.2) is 0 Å². The quantitative estimate of drug-likeness (QED) is 0.534. The predicted molar refractivity (Wildman–Crippen MR) is 45.6 cm³/mol. The fourth-order valence-corrected chi connectivity index (χ4v) is 1.84. The van der Waals surface area contributed by atoms with Crippen molar-refractivity contribution in [3.63, 3.8) is 0 Å². The highest BCUT2D eigenvalue weighted by Crippen LogP contribution is 2.43. The van der Waals surface area contributed by atoms with Gasteiger partial charge in [-0.3, -0.25) is 0 Å². The predicted octanol–water partition coefficient (Wildman–Crippen LogP) is 2.73. The average molecular weight is 144 g/mol. The minimum atomic E-state index is 1.000. The van der Waals surface area contributed by atoms with Crippen molar-refractivity contribution in [1.29, 1.82) is 0 Å². The lowest BCUT2D eigenvalue weighted by atomic mass is 10.2. The molecule has 1 aliphatic rings. The molecule has 0 radical (unpaired) electrons. The maximum absolute atomic E-state index is 2.38. The van der Waals surface area contributed by atoms with Crippen LogP contribution in [0.25, 0.3) is 0 Å². The molecule has 0 bridgehead atoms. The normalized spacial score (nSPS) is 37.7. The topological polar surface area (TPSA) is 0 Å². The van der Waals surface area contributed by atoms with Gasteiger partial charge in [-0.1, -0.05) is 13.8 Å². The number of hydrogen-bond acceptors (Lipinski definition) is 0. The van der Waals surface area contributed by atoms with E-state index in [-0.39, 0.29) is 0 Å². The van der Waals surface area contributed by atoms with E-state index in [0.717, 1.165) is 26.1 Å². The van der Waals surface area contributed by atoms with Gasteiger partial charge in [-0.25, -0.2) is 0 Å². The Labute approximate surface area is 60.2 Å². The maximum Gasteiger partial charge on any atom is -0.0265 e. The Morgan fingerprint density at radius 3 is 2.56 bits per heavy atom. The largest absolute Gasteiger partial charge is 0.122 e. The van der Waals surface area contributed by atoms with E-state index >= 15 is 0 Å². The fraction of sp³-hybridized carbons (Fsp3) is 1.00. The number of hydrogen-bond donors (Lipinski definition) is 0. The molecule has 9 heavy (non-hydrogen) atoms. The molecule has 1 fully saturated rings. The molecule has 0 spiro atoms. The van der Waals surface area contributed by atoms with Crippen LogP contribution in [0.2, 0.25) is 0 Å². The van der Waals surface area contributed by atoms with Crippen molar-refractivity contribution in [3.8, 4) is 0 Å². The average Bonchev–Trinajstić information content (AvgIpc) is 2.47. The molecule has 1 aliphatic carbocycles. The first-order chi connectivity index (χ1) is 4.24. The Morgan fingerprint density at radius 2 is 2.22 bits per heavy atom. The summed E-state index contributed by atoms with van der Waals surface area (Å²) in [5.41, 5.74) is 1.000. The summed E-state index contributed by atoms with van der Waals surface area (Å²) in [5.74, 6) is 2.16. The third kappa shape index (κ3) is 2.26. The Balaban J connectivity index is 2.05. The van der Waals surface area contributed by atoms with Gasteiger partial charge >= 0.3 is 0 Å². The zero-order valence-electron chi connectivity index (χ0n) is 6.65. The second-order valence-electron chi connectivity index (χ2n) is 3.40. The molecule has 4 atom stereocenters. The van der Waals surface area contributed by atoms with Gasteiger partial charge in [-0.15, -0.1) is 8.58 Å². The first-order valence-corrected chi connectivity index (χ1v) is 5.49. The van der Waals surface area contributed by atoms with E-state index in [1.807, 2.05) is 0 Å². The van der Waals surface area contributed by atoms with Crippen molar-refractivity contribution in [2.75, 3.05) is 6.66 Å². The molecule has 0 aliphatic heterocycles. The van der Waals surface area contributed by atoms with Crippen LogP contribution < -0.4 is 0 Å². The summed E-state index contributed by atoms with van der Waals surface area (Å²) in [7, 11) is 1.15. The highest BCUT2D eigenvalue weighted by molar-refractivity contribution is 7.37. The van der Waals surface area contributed by atoms with E-state index in [4.69, 9.17) is 0 Å². The maximum atomic E-state index is 2.38. The molecule has 0 nitrogen and oxygen atoms in total. The van der Waals surface area contributed by atoms with Crippen molar-refractivity contribution >= 4 is 8.58 Å². The highest BCUT2D eigenvalue weighted by atomic mass is 31.1. The van der Waals surface area contributed by atoms with Crippen LogP contribution in [0.4, 0.5) is 0 Å². The second-order valence-corrected chi connectivity index (χ2v) is 4.96. The zero-order chi connectivity index (χ0) is 6.85.